The number of carbonyl (C=O) groups is 2. The molecule has 0 spiro atoms. The minimum absolute atomic E-state index is 0.0168. The van der Waals surface area contributed by atoms with Gasteiger partial charge in [-0.15, -0.1) is 0 Å². The Morgan fingerprint density at radius 1 is 0.644 bits per heavy atom. The highest BCUT2D eigenvalue weighted by Gasteiger charge is 2.65. The Bertz CT molecular complexity index is 1370. The molecular weight excluding hydrogens is 606 g/mol. The second-order valence-electron chi connectivity index (χ2n) is 10.2. The molecule has 45 heavy (non-hydrogen) atoms. The maximum absolute atomic E-state index is 14.6. The van der Waals surface area contributed by atoms with E-state index in [1.165, 1.54) is 48.5 Å². The molecule has 0 radical (unpaired) electrons. The zero-order chi connectivity index (χ0) is 33.3. The second-order valence-corrected chi connectivity index (χ2v) is 10.2. The maximum atomic E-state index is 14.6. The largest absolute Gasteiger partial charge is 0.460 e. The topological polar surface area (TPSA) is 71.1 Å². The third-order valence-corrected chi connectivity index (χ3v) is 7.40. The lowest BCUT2D eigenvalue weighted by Crippen LogP contribution is -2.53. The van der Waals surface area contributed by atoms with Gasteiger partial charge in [-0.05, 0) is 12.0 Å². The van der Waals surface area contributed by atoms with Gasteiger partial charge in [0.25, 0.3) is 11.2 Å². The number of unbranched alkanes of at least 4 members (excludes halogenated alkanes) is 1. The molecule has 244 valence electrons. The van der Waals surface area contributed by atoms with Crippen molar-refractivity contribution in [3.05, 3.63) is 108 Å². The third-order valence-electron chi connectivity index (χ3n) is 7.40. The predicted octanol–water partition coefficient (Wildman–Crippen LogP) is 7.97. The maximum Gasteiger partial charge on any atom is 0.432 e. The fourth-order valence-electron chi connectivity index (χ4n) is 5.04. The first-order chi connectivity index (χ1) is 21.3. The number of methoxy groups -OCH3 is 2. The molecule has 0 saturated heterocycles. The van der Waals surface area contributed by atoms with E-state index >= 15 is 0 Å². The van der Waals surface area contributed by atoms with Crippen LogP contribution in [0.1, 0.15) is 55.4 Å². The summed E-state index contributed by atoms with van der Waals surface area (Å²) in [5, 5.41) is 0. The first-order valence-electron chi connectivity index (χ1n) is 14.1. The van der Waals surface area contributed by atoms with Gasteiger partial charge in [-0.2, -0.15) is 26.3 Å². The Labute approximate surface area is 257 Å². The predicted molar refractivity (Wildman–Crippen MR) is 152 cm³/mol. The first kappa shape index (κ1) is 35.6. The summed E-state index contributed by atoms with van der Waals surface area (Å²) in [6.07, 6.45) is -12.8. The minimum Gasteiger partial charge on any atom is -0.460 e. The molecule has 0 fully saturated rings. The average molecular weight is 641 g/mol. The van der Waals surface area contributed by atoms with Crippen molar-refractivity contribution >= 4 is 11.9 Å². The summed E-state index contributed by atoms with van der Waals surface area (Å²) in [6, 6.07) is 20.0. The molecule has 4 atom stereocenters. The van der Waals surface area contributed by atoms with E-state index in [1.807, 2.05) is 0 Å². The van der Waals surface area contributed by atoms with Crippen molar-refractivity contribution in [3.63, 3.8) is 0 Å². The molecule has 0 aliphatic heterocycles. The summed E-state index contributed by atoms with van der Waals surface area (Å²) in [5.74, 6) is -3.57. The van der Waals surface area contributed by atoms with Crippen LogP contribution in [0.2, 0.25) is 0 Å². The van der Waals surface area contributed by atoms with E-state index in [4.69, 9.17) is 18.9 Å². The van der Waals surface area contributed by atoms with Crippen molar-refractivity contribution in [2.24, 2.45) is 0 Å². The number of rotatable bonds is 14. The number of carbonyl (C=O) groups excluding carboxylic acids is 2. The SMILES string of the molecule is CCCC[C@H](C[C@H](OC(=O)C(OC)(c1ccccc1)C(F)(F)F)c1ccccc1)OC(=O)C(OC)(c1ccccc1)C(F)(F)F. The number of benzene rings is 3. The van der Waals surface area contributed by atoms with Crippen molar-refractivity contribution in [2.45, 2.75) is 68.4 Å². The molecule has 0 amide bonds. The Morgan fingerprint density at radius 3 is 1.42 bits per heavy atom. The molecule has 0 heterocycles. The number of esters is 2. The van der Waals surface area contributed by atoms with E-state index in [0.29, 0.717) is 12.8 Å². The molecule has 0 N–H and O–H groups in total. The standard InChI is InChI=1S/C33H34F6O6/c1-4-5-21-26(44-28(40)30(42-2,32(34,35)36)24-17-11-7-12-18-24)22-27(23-15-9-6-10-16-23)45-29(41)31(43-3,33(37,38)39)25-19-13-8-14-20-25/h6-20,26-27H,4-5,21-22H2,1-3H3/t26-,27+,30?,31?/m1/s1. The van der Waals surface area contributed by atoms with Crippen molar-refractivity contribution in [2.75, 3.05) is 14.2 Å². The number of hydrogen-bond acceptors (Lipinski definition) is 6. The van der Waals surface area contributed by atoms with Gasteiger partial charge in [-0.1, -0.05) is 111 Å². The van der Waals surface area contributed by atoms with Gasteiger partial charge < -0.3 is 18.9 Å². The molecule has 6 nitrogen and oxygen atoms in total. The van der Waals surface area contributed by atoms with Crippen LogP contribution in [0.5, 0.6) is 0 Å². The molecule has 3 aromatic carbocycles. The highest BCUT2D eigenvalue weighted by molar-refractivity contribution is 5.83. The zero-order valence-electron chi connectivity index (χ0n) is 24.9. The van der Waals surface area contributed by atoms with E-state index in [2.05, 4.69) is 0 Å². The molecule has 0 aliphatic carbocycles. The summed E-state index contributed by atoms with van der Waals surface area (Å²) in [6.45, 7) is 1.79. The minimum atomic E-state index is -5.27. The number of ether oxygens (including phenoxy) is 4. The fraction of sp³-hybridized carbons (Fsp3) is 0.394. The lowest BCUT2D eigenvalue weighted by molar-refractivity contribution is -0.280. The van der Waals surface area contributed by atoms with Crippen LogP contribution in [0.4, 0.5) is 26.3 Å². The smallest absolute Gasteiger partial charge is 0.432 e. The molecule has 2 unspecified atom stereocenters. The van der Waals surface area contributed by atoms with Gasteiger partial charge in [-0.25, -0.2) is 9.59 Å². The van der Waals surface area contributed by atoms with Crippen molar-refractivity contribution in [1.82, 2.24) is 0 Å². The summed E-state index contributed by atoms with van der Waals surface area (Å²) in [7, 11) is 1.44. The van der Waals surface area contributed by atoms with Gasteiger partial charge in [0.15, 0.2) is 0 Å². The van der Waals surface area contributed by atoms with Crippen LogP contribution in [0.3, 0.4) is 0 Å². The molecule has 12 heteroatoms. The van der Waals surface area contributed by atoms with E-state index in [9.17, 15) is 35.9 Å². The molecule has 0 saturated carbocycles. The van der Waals surface area contributed by atoms with Crippen LogP contribution in [-0.4, -0.2) is 44.6 Å². The highest BCUT2D eigenvalue weighted by atomic mass is 19.4. The van der Waals surface area contributed by atoms with Crippen LogP contribution in [0.25, 0.3) is 0 Å². The number of alkyl halides is 6. The second kappa shape index (κ2) is 14.9. The van der Waals surface area contributed by atoms with Crippen LogP contribution < -0.4 is 0 Å². The fourth-order valence-corrected chi connectivity index (χ4v) is 5.04. The Hall–Kier alpha value is -3.90. The number of halogens is 6. The van der Waals surface area contributed by atoms with Gasteiger partial charge in [0.05, 0.1) is 0 Å². The van der Waals surface area contributed by atoms with Gasteiger partial charge in [0, 0.05) is 31.8 Å². The lowest BCUT2D eigenvalue weighted by atomic mass is 9.91. The third kappa shape index (κ3) is 7.50. The van der Waals surface area contributed by atoms with Gasteiger partial charge >= 0.3 is 24.3 Å². The van der Waals surface area contributed by atoms with Crippen LogP contribution >= 0.6 is 0 Å². The van der Waals surface area contributed by atoms with Gasteiger partial charge in [0.1, 0.15) is 12.2 Å². The lowest BCUT2D eigenvalue weighted by Gasteiger charge is -2.35. The molecule has 0 aromatic heterocycles. The summed E-state index contributed by atoms with van der Waals surface area (Å²) in [5.41, 5.74) is -7.86. The van der Waals surface area contributed by atoms with E-state index in [1.54, 1.807) is 25.1 Å². The van der Waals surface area contributed by atoms with Crippen LogP contribution in [0.15, 0.2) is 91.0 Å². The summed E-state index contributed by atoms with van der Waals surface area (Å²) < 4.78 is 108. The van der Waals surface area contributed by atoms with E-state index in [-0.39, 0.29) is 12.0 Å². The van der Waals surface area contributed by atoms with Gasteiger partial charge in [-0.3, -0.25) is 0 Å². The van der Waals surface area contributed by atoms with Crippen LogP contribution in [-0.2, 0) is 39.7 Å². The first-order valence-corrected chi connectivity index (χ1v) is 14.1. The molecular formula is C33H34F6O6. The summed E-state index contributed by atoms with van der Waals surface area (Å²) in [4.78, 5) is 27.0. The average Bonchev–Trinajstić information content (AvgIpc) is 3.01. The monoisotopic (exact) mass is 640 g/mol. The molecule has 0 aliphatic rings. The summed E-state index contributed by atoms with van der Waals surface area (Å²) >= 11 is 0. The van der Waals surface area contributed by atoms with E-state index in [0.717, 1.165) is 38.5 Å². The Morgan fingerprint density at radius 2 is 1.04 bits per heavy atom. The van der Waals surface area contributed by atoms with Crippen molar-refractivity contribution in [1.29, 1.82) is 0 Å². The van der Waals surface area contributed by atoms with E-state index < -0.39 is 65.2 Å². The zero-order valence-corrected chi connectivity index (χ0v) is 24.9. The number of hydrogen-bond donors (Lipinski definition) is 0. The van der Waals surface area contributed by atoms with Gasteiger partial charge in [0.2, 0.25) is 0 Å². The molecule has 3 aromatic rings. The van der Waals surface area contributed by atoms with Crippen molar-refractivity contribution in [3.8, 4) is 0 Å². The van der Waals surface area contributed by atoms with Crippen molar-refractivity contribution < 1.29 is 54.9 Å². The quantitative estimate of drug-likeness (QED) is 0.132. The molecule has 3 rings (SSSR count). The highest BCUT2D eigenvalue weighted by Crippen LogP contribution is 2.46. The van der Waals surface area contributed by atoms with Crippen LogP contribution in [0, 0.1) is 0 Å². The Balaban J connectivity index is 2.05. The molecule has 0 bridgehead atoms. The Kier molecular flexibility index (Phi) is 11.8. The normalized spacial score (nSPS) is 16.1.